The Kier molecular flexibility index (Phi) is 4.62. The van der Waals surface area contributed by atoms with Crippen molar-refractivity contribution in [3.63, 3.8) is 0 Å². The summed E-state index contributed by atoms with van der Waals surface area (Å²) >= 11 is 0. The van der Waals surface area contributed by atoms with Crippen LogP contribution in [0.5, 0.6) is 0 Å². The number of nitrogens with one attached hydrogen (secondary N) is 1. The molecule has 0 aliphatic carbocycles. The van der Waals surface area contributed by atoms with Gasteiger partial charge in [0.2, 0.25) is 5.89 Å². The van der Waals surface area contributed by atoms with Crippen LogP contribution in [0, 0.1) is 6.92 Å². The summed E-state index contributed by atoms with van der Waals surface area (Å²) in [4.78, 5) is 4.04. The highest BCUT2D eigenvalue weighted by molar-refractivity contribution is 5.32. The van der Waals surface area contributed by atoms with Crippen LogP contribution in [-0.4, -0.2) is 16.7 Å². The topological polar surface area (TPSA) is 51.0 Å². The summed E-state index contributed by atoms with van der Waals surface area (Å²) in [7, 11) is 0. The van der Waals surface area contributed by atoms with Gasteiger partial charge in [0.25, 0.3) is 0 Å². The van der Waals surface area contributed by atoms with E-state index in [1.54, 1.807) is 19.9 Å². The largest absolute Gasteiger partial charge is 0.416 e. The number of nitrogens with zero attached hydrogens (tertiary/aromatic N) is 2. The van der Waals surface area contributed by atoms with Gasteiger partial charge in [-0.15, -0.1) is 0 Å². The second-order valence-corrected chi connectivity index (χ2v) is 4.74. The van der Waals surface area contributed by atoms with E-state index >= 15 is 0 Å². The van der Waals surface area contributed by atoms with Crippen LogP contribution in [0.2, 0.25) is 0 Å². The van der Waals surface area contributed by atoms with E-state index in [1.165, 1.54) is 12.1 Å². The van der Waals surface area contributed by atoms with Crippen LogP contribution in [0.25, 0.3) is 0 Å². The monoisotopic (exact) mass is 299 g/mol. The highest BCUT2D eigenvalue weighted by atomic mass is 19.4. The van der Waals surface area contributed by atoms with Crippen molar-refractivity contribution in [1.29, 1.82) is 0 Å². The van der Waals surface area contributed by atoms with Crippen LogP contribution in [0.3, 0.4) is 0 Å². The Hall–Kier alpha value is -1.89. The Labute approximate surface area is 120 Å². The molecule has 1 atom stereocenters. The fraction of sp³-hybridized carbons (Fsp3) is 0.429. The molecule has 4 nitrogen and oxygen atoms in total. The lowest BCUT2D eigenvalue weighted by Gasteiger charge is -2.19. The van der Waals surface area contributed by atoms with Crippen molar-refractivity contribution in [3.8, 4) is 0 Å². The van der Waals surface area contributed by atoms with E-state index in [2.05, 4.69) is 15.5 Å². The number of aryl methyl sites for hydroxylation is 1. The average Bonchev–Trinajstić information content (AvgIpc) is 2.83. The number of hydrogen-bond acceptors (Lipinski definition) is 4. The molecule has 1 heterocycles. The molecule has 0 saturated heterocycles. The molecule has 1 N–H and O–H groups in total. The third-order valence-corrected chi connectivity index (χ3v) is 3.10. The first-order valence-electron chi connectivity index (χ1n) is 6.56. The smallest absolute Gasteiger partial charge is 0.340 e. The first-order valence-corrected chi connectivity index (χ1v) is 6.56. The van der Waals surface area contributed by atoms with E-state index in [4.69, 9.17) is 4.52 Å². The first-order chi connectivity index (χ1) is 9.88. The molecule has 0 aliphatic heterocycles. The highest BCUT2D eigenvalue weighted by Gasteiger charge is 2.33. The zero-order valence-corrected chi connectivity index (χ0v) is 11.7. The lowest BCUT2D eigenvalue weighted by Crippen LogP contribution is -2.24. The molecule has 2 aromatic rings. The summed E-state index contributed by atoms with van der Waals surface area (Å²) < 4.78 is 43.6. The first kappa shape index (κ1) is 15.5. The van der Waals surface area contributed by atoms with Crippen molar-refractivity contribution in [2.45, 2.75) is 32.5 Å². The summed E-state index contributed by atoms with van der Waals surface area (Å²) in [5.74, 6) is 1.01. The van der Waals surface area contributed by atoms with E-state index in [0.29, 0.717) is 24.7 Å². The molecular weight excluding hydrogens is 283 g/mol. The zero-order valence-electron chi connectivity index (χ0n) is 11.7. The third-order valence-electron chi connectivity index (χ3n) is 3.10. The molecule has 0 saturated carbocycles. The predicted molar refractivity (Wildman–Crippen MR) is 70.6 cm³/mol. The van der Waals surface area contributed by atoms with Crippen molar-refractivity contribution in [2.75, 3.05) is 6.54 Å². The molecule has 1 unspecified atom stereocenters. The van der Waals surface area contributed by atoms with Gasteiger partial charge in [0.15, 0.2) is 5.82 Å². The van der Waals surface area contributed by atoms with Gasteiger partial charge in [-0.2, -0.15) is 18.2 Å². The Bertz CT molecular complexity index is 595. The van der Waals surface area contributed by atoms with Crippen molar-refractivity contribution in [2.24, 2.45) is 0 Å². The number of hydrogen-bond donors (Lipinski definition) is 1. The standard InChI is InChI=1S/C14H16F3N3O/c1-9(18-8-7-13-19-10(2)21-20-13)11-5-3-4-6-12(11)14(15,16)17/h3-6,9,18H,7-8H2,1-2H3. The minimum atomic E-state index is -4.35. The highest BCUT2D eigenvalue weighted by Crippen LogP contribution is 2.34. The van der Waals surface area contributed by atoms with Crippen LogP contribution in [0.1, 0.15) is 35.8 Å². The van der Waals surface area contributed by atoms with E-state index in [1.807, 2.05) is 0 Å². The van der Waals surface area contributed by atoms with E-state index in [0.717, 1.165) is 6.07 Å². The van der Waals surface area contributed by atoms with Gasteiger partial charge in [0.05, 0.1) is 5.56 Å². The molecule has 21 heavy (non-hydrogen) atoms. The maximum Gasteiger partial charge on any atom is 0.416 e. The second-order valence-electron chi connectivity index (χ2n) is 4.74. The molecular formula is C14H16F3N3O. The van der Waals surface area contributed by atoms with Crippen LogP contribution < -0.4 is 5.32 Å². The summed E-state index contributed by atoms with van der Waals surface area (Å²) in [5.41, 5.74) is -0.380. The molecule has 7 heteroatoms. The summed E-state index contributed by atoms with van der Waals surface area (Å²) in [6, 6.07) is 5.15. The summed E-state index contributed by atoms with van der Waals surface area (Å²) in [6.45, 7) is 3.85. The van der Waals surface area contributed by atoms with Crippen LogP contribution in [0.4, 0.5) is 13.2 Å². The second kappa shape index (κ2) is 6.26. The average molecular weight is 299 g/mol. The number of rotatable bonds is 5. The van der Waals surface area contributed by atoms with Gasteiger partial charge in [-0.3, -0.25) is 0 Å². The van der Waals surface area contributed by atoms with Crippen molar-refractivity contribution < 1.29 is 17.7 Å². The Morgan fingerprint density at radius 3 is 2.62 bits per heavy atom. The predicted octanol–water partition coefficient (Wildman–Crippen LogP) is 3.29. The lowest BCUT2D eigenvalue weighted by atomic mass is 10.0. The van der Waals surface area contributed by atoms with Gasteiger partial charge in [-0.1, -0.05) is 23.4 Å². The maximum absolute atomic E-state index is 12.9. The molecule has 0 amide bonds. The van der Waals surface area contributed by atoms with E-state index in [-0.39, 0.29) is 5.56 Å². The summed E-state index contributed by atoms with van der Waals surface area (Å²) in [5, 5.41) is 6.78. The van der Waals surface area contributed by atoms with E-state index in [9.17, 15) is 13.2 Å². The molecule has 2 rings (SSSR count). The quantitative estimate of drug-likeness (QED) is 0.920. The number of halogens is 3. The van der Waals surface area contributed by atoms with Crippen molar-refractivity contribution >= 4 is 0 Å². The SMILES string of the molecule is Cc1nc(CCNC(C)c2ccccc2C(F)(F)F)no1. The van der Waals surface area contributed by atoms with Gasteiger partial charge in [0.1, 0.15) is 0 Å². The van der Waals surface area contributed by atoms with Crippen LogP contribution in [-0.2, 0) is 12.6 Å². The number of alkyl halides is 3. The minimum Gasteiger partial charge on any atom is -0.340 e. The normalized spacial score (nSPS) is 13.4. The number of aromatic nitrogens is 2. The van der Waals surface area contributed by atoms with Gasteiger partial charge in [-0.25, -0.2) is 0 Å². The Morgan fingerprint density at radius 2 is 2.00 bits per heavy atom. The zero-order chi connectivity index (χ0) is 15.5. The van der Waals surface area contributed by atoms with Crippen molar-refractivity contribution in [1.82, 2.24) is 15.5 Å². The molecule has 0 bridgehead atoms. The molecule has 0 radical (unpaired) electrons. The fourth-order valence-electron chi connectivity index (χ4n) is 2.09. The van der Waals surface area contributed by atoms with Crippen molar-refractivity contribution in [3.05, 3.63) is 47.1 Å². The molecule has 114 valence electrons. The van der Waals surface area contributed by atoms with Crippen LogP contribution in [0.15, 0.2) is 28.8 Å². The van der Waals surface area contributed by atoms with Gasteiger partial charge in [0, 0.05) is 25.9 Å². The Balaban J connectivity index is 1.99. The number of benzene rings is 1. The molecule has 0 aliphatic rings. The van der Waals surface area contributed by atoms with Gasteiger partial charge >= 0.3 is 6.18 Å². The maximum atomic E-state index is 12.9. The van der Waals surface area contributed by atoms with Crippen LogP contribution >= 0.6 is 0 Å². The third kappa shape index (κ3) is 4.04. The van der Waals surface area contributed by atoms with E-state index < -0.39 is 17.8 Å². The molecule has 0 fully saturated rings. The Morgan fingerprint density at radius 1 is 1.29 bits per heavy atom. The summed E-state index contributed by atoms with van der Waals surface area (Å²) in [6.07, 6.45) is -3.85. The fourth-order valence-corrected chi connectivity index (χ4v) is 2.09. The van der Waals surface area contributed by atoms with Gasteiger partial charge in [-0.05, 0) is 18.6 Å². The van der Waals surface area contributed by atoms with Gasteiger partial charge < -0.3 is 9.84 Å². The molecule has 1 aromatic heterocycles. The minimum absolute atomic E-state index is 0.231. The molecule has 1 aromatic carbocycles. The lowest BCUT2D eigenvalue weighted by molar-refractivity contribution is -0.138. The molecule has 0 spiro atoms.